The van der Waals surface area contributed by atoms with Crippen LogP contribution in [-0.4, -0.2) is 0 Å². The molecule has 0 fully saturated rings. The van der Waals surface area contributed by atoms with Gasteiger partial charge in [0.05, 0.1) is 0 Å². The molecule has 0 aliphatic carbocycles. The van der Waals surface area contributed by atoms with Crippen LogP contribution in [-0.2, 0) is 6.42 Å². The zero-order valence-electron chi connectivity index (χ0n) is 10.4. The molecule has 88 valence electrons. The van der Waals surface area contributed by atoms with E-state index in [9.17, 15) is 0 Å². The van der Waals surface area contributed by atoms with Gasteiger partial charge in [-0.2, -0.15) is 0 Å². The van der Waals surface area contributed by atoms with Gasteiger partial charge in [0.15, 0.2) is 0 Å². The summed E-state index contributed by atoms with van der Waals surface area (Å²) >= 11 is 0. The van der Waals surface area contributed by atoms with Gasteiger partial charge in [-0.3, -0.25) is 0 Å². The molecule has 2 aromatic carbocycles. The van der Waals surface area contributed by atoms with Crippen LogP contribution >= 0.6 is 16.5 Å². The van der Waals surface area contributed by atoms with Crippen LogP contribution in [0.15, 0.2) is 48.5 Å². The van der Waals surface area contributed by atoms with E-state index in [4.69, 9.17) is 0 Å². The maximum Gasteiger partial charge on any atom is -0.0155 e. The highest BCUT2D eigenvalue weighted by atomic mass is 32.0. The van der Waals surface area contributed by atoms with Gasteiger partial charge < -0.3 is 0 Å². The smallest absolute Gasteiger partial charge is 0.0155 e. The molecule has 0 aliphatic rings. The molecule has 2 rings (SSSR count). The Kier molecular flexibility index (Phi) is 4.32. The van der Waals surface area contributed by atoms with Crippen LogP contribution in [0.1, 0.15) is 18.1 Å². The van der Waals surface area contributed by atoms with E-state index in [1.54, 1.807) is 0 Å². The third kappa shape index (κ3) is 3.15. The van der Waals surface area contributed by atoms with E-state index in [2.05, 4.69) is 71.3 Å². The fourth-order valence-electron chi connectivity index (χ4n) is 1.85. The van der Waals surface area contributed by atoms with Crippen molar-refractivity contribution in [2.24, 2.45) is 0 Å². The zero-order valence-corrected chi connectivity index (χ0v) is 12.4. The first-order valence-electron chi connectivity index (χ1n) is 5.91. The van der Waals surface area contributed by atoms with Crippen LogP contribution in [0.4, 0.5) is 0 Å². The van der Waals surface area contributed by atoms with E-state index in [1.165, 1.54) is 21.7 Å². The molecule has 0 aromatic heterocycles. The quantitative estimate of drug-likeness (QED) is 0.737. The average Bonchev–Trinajstić information content (AvgIpc) is 2.38. The summed E-state index contributed by atoms with van der Waals surface area (Å²) in [4.78, 5) is 0. The highest BCUT2D eigenvalue weighted by Crippen LogP contribution is 2.42. The Balaban J connectivity index is 2.33. The van der Waals surface area contributed by atoms with E-state index in [1.807, 2.05) is 0 Å². The van der Waals surface area contributed by atoms with Crippen LogP contribution in [0.5, 0.6) is 0 Å². The molecule has 0 heterocycles. The van der Waals surface area contributed by atoms with Gasteiger partial charge in [-0.1, -0.05) is 61.0 Å². The summed E-state index contributed by atoms with van der Waals surface area (Å²) < 4.78 is 0. The molecule has 0 aliphatic heterocycles. The van der Waals surface area contributed by atoms with Crippen molar-refractivity contribution in [2.75, 3.05) is 0 Å². The van der Waals surface area contributed by atoms with Crippen molar-refractivity contribution in [3.63, 3.8) is 0 Å². The molecule has 0 bridgehead atoms. The van der Waals surface area contributed by atoms with Gasteiger partial charge in [0.25, 0.3) is 0 Å². The number of benzene rings is 2. The van der Waals surface area contributed by atoms with Crippen LogP contribution in [0.3, 0.4) is 0 Å². The Bertz CT molecular complexity index is 506. The van der Waals surface area contributed by atoms with E-state index >= 15 is 0 Å². The monoisotopic (exact) mass is 260 g/mol. The van der Waals surface area contributed by atoms with Crippen LogP contribution < -0.4 is 10.6 Å². The molecule has 0 amide bonds. The Hall–Kier alpha value is -0.700. The standard InChI is InChI=1S/C15H18P2/c1-3-13-7-5-9-15(11-13)17(16)14-8-4-6-12(2)10-14/h4-11H,3,16H2,1-2H3. The summed E-state index contributed by atoms with van der Waals surface area (Å²) in [6.45, 7) is 4.36. The third-order valence-corrected chi connectivity index (χ3v) is 6.33. The van der Waals surface area contributed by atoms with Crippen molar-refractivity contribution < 1.29 is 0 Å². The van der Waals surface area contributed by atoms with Crippen LogP contribution in [0.2, 0.25) is 0 Å². The molecule has 2 unspecified atom stereocenters. The Labute approximate surface area is 107 Å². The van der Waals surface area contributed by atoms with Crippen molar-refractivity contribution in [3.05, 3.63) is 59.7 Å². The van der Waals surface area contributed by atoms with E-state index in [-0.39, 0.29) is 7.61 Å². The zero-order chi connectivity index (χ0) is 12.3. The van der Waals surface area contributed by atoms with Crippen molar-refractivity contribution in [3.8, 4) is 0 Å². The maximum atomic E-state index is 3.02. The van der Waals surface area contributed by atoms with Gasteiger partial charge in [-0.05, 0) is 37.1 Å². The molecule has 2 atom stereocenters. The van der Waals surface area contributed by atoms with Crippen molar-refractivity contribution in [1.82, 2.24) is 0 Å². The predicted molar refractivity (Wildman–Crippen MR) is 82.9 cm³/mol. The lowest BCUT2D eigenvalue weighted by molar-refractivity contribution is 1.14. The van der Waals surface area contributed by atoms with Crippen LogP contribution in [0, 0.1) is 6.92 Å². The number of hydrogen-bond donors (Lipinski definition) is 0. The second-order valence-electron chi connectivity index (χ2n) is 4.23. The fraction of sp³-hybridized carbons (Fsp3) is 0.200. The van der Waals surface area contributed by atoms with Crippen LogP contribution in [0.25, 0.3) is 0 Å². The third-order valence-electron chi connectivity index (χ3n) is 2.88. The molecule has 0 saturated carbocycles. The fourth-order valence-corrected chi connectivity index (χ4v) is 4.26. The second kappa shape index (κ2) is 5.76. The lowest BCUT2D eigenvalue weighted by atomic mass is 10.2. The minimum Gasteiger partial charge on any atom is -0.102 e. The maximum absolute atomic E-state index is 3.02. The summed E-state index contributed by atoms with van der Waals surface area (Å²) in [5.74, 6) is 0. The van der Waals surface area contributed by atoms with Gasteiger partial charge in [-0.15, -0.1) is 8.93 Å². The van der Waals surface area contributed by atoms with Gasteiger partial charge in [0.1, 0.15) is 0 Å². The van der Waals surface area contributed by atoms with E-state index < -0.39 is 0 Å². The summed E-state index contributed by atoms with van der Waals surface area (Å²) in [6.07, 6.45) is 1.11. The minimum absolute atomic E-state index is 0.292. The molecule has 0 radical (unpaired) electrons. The largest absolute Gasteiger partial charge is 0.102 e. The topological polar surface area (TPSA) is 0 Å². The number of hydrogen-bond acceptors (Lipinski definition) is 0. The molecule has 17 heavy (non-hydrogen) atoms. The Morgan fingerprint density at radius 1 is 1.00 bits per heavy atom. The molecule has 0 N–H and O–H groups in total. The summed E-state index contributed by atoms with van der Waals surface area (Å²) in [5, 5.41) is 2.87. The predicted octanol–water partition coefficient (Wildman–Crippen LogP) is 3.78. The first-order valence-corrected chi connectivity index (χ1v) is 8.87. The highest BCUT2D eigenvalue weighted by molar-refractivity contribution is 8.21. The molecule has 0 saturated heterocycles. The normalized spacial score (nSPS) is 12.4. The lowest BCUT2D eigenvalue weighted by Gasteiger charge is -2.14. The van der Waals surface area contributed by atoms with Crippen molar-refractivity contribution in [2.45, 2.75) is 20.3 Å². The summed E-state index contributed by atoms with van der Waals surface area (Å²) in [7, 11) is 2.73. The van der Waals surface area contributed by atoms with Gasteiger partial charge in [-0.25, -0.2) is 0 Å². The van der Waals surface area contributed by atoms with E-state index in [0.717, 1.165) is 6.42 Å². The second-order valence-corrected chi connectivity index (χ2v) is 7.55. The molecule has 0 spiro atoms. The molecular formula is C15H18P2. The molecule has 2 heteroatoms. The van der Waals surface area contributed by atoms with E-state index in [0.29, 0.717) is 0 Å². The summed E-state index contributed by atoms with van der Waals surface area (Å²) in [5.41, 5.74) is 2.76. The number of aryl methyl sites for hydroxylation is 2. The first kappa shape index (κ1) is 12.7. The number of rotatable bonds is 3. The minimum atomic E-state index is -0.292. The van der Waals surface area contributed by atoms with Gasteiger partial charge in [0, 0.05) is 0 Å². The average molecular weight is 260 g/mol. The lowest BCUT2D eigenvalue weighted by Crippen LogP contribution is -2.08. The van der Waals surface area contributed by atoms with Gasteiger partial charge in [0.2, 0.25) is 0 Å². The Morgan fingerprint density at radius 2 is 1.65 bits per heavy atom. The van der Waals surface area contributed by atoms with Crippen molar-refractivity contribution >= 4 is 27.1 Å². The van der Waals surface area contributed by atoms with Crippen molar-refractivity contribution in [1.29, 1.82) is 0 Å². The molecule has 2 aromatic rings. The van der Waals surface area contributed by atoms with Gasteiger partial charge >= 0.3 is 0 Å². The molecule has 0 nitrogen and oxygen atoms in total. The Morgan fingerprint density at radius 3 is 2.29 bits per heavy atom. The molecular weight excluding hydrogens is 242 g/mol. The first-order chi connectivity index (χ1) is 8.20. The highest BCUT2D eigenvalue weighted by Gasteiger charge is 2.08. The SMILES string of the molecule is CCc1cccc(P(P)c2cccc(C)c2)c1. The summed E-state index contributed by atoms with van der Waals surface area (Å²) in [6, 6.07) is 17.8.